The number of rotatable bonds is 3. The number of hydrogen-bond acceptors (Lipinski definition) is 5. The summed E-state index contributed by atoms with van der Waals surface area (Å²) in [5.41, 5.74) is 0.484. The lowest BCUT2D eigenvalue weighted by Gasteiger charge is -2.11. The van der Waals surface area contributed by atoms with E-state index in [0.717, 1.165) is 0 Å². The SMILES string of the molecule is O=C(O)C1CSC(c2ccc(Br)cc2[N+](=O)[O-])N1. The molecular formula is C10H9BrN2O4S. The molecule has 96 valence electrons. The molecule has 2 atom stereocenters. The summed E-state index contributed by atoms with van der Waals surface area (Å²) in [5.74, 6) is -0.544. The minimum atomic E-state index is -0.940. The Balaban J connectivity index is 2.29. The summed E-state index contributed by atoms with van der Waals surface area (Å²) in [5, 5.41) is 22.4. The van der Waals surface area contributed by atoms with Crippen molar-refractivity contribution in [1.82, 2.24) is 5.32 Å². The summed E-state index contributed by atoms with van der Waals surface area (Å²) in [4.78, 5) is 21.3. The van der Waals surface area contributed by atoms with Crippen molar-refractivity contribution in [2.24, 2.45) is 0 Å². The summed E-state index contributed by atoms with van der Waals surface area (Å²) in [7, 11) is 0. The molecule has 0 saturated carbocycles. The normalized spacial score (nSPS) is 22.9. The van der Waals surface area contributed by atoms with Crippen LogP contribution in [0.1, 0.15) is 10.9 Å². The lowest BCUT2D eigenvalue weighted by Crippen LogP contribution is -2.33. The van der Waals surface area contributed by atoms with Gasteiger partial charge in [0.2, 0.25) is 0 Å². The number of carboxylic acid groups (broad SMARTS) is 1. The smallest absolute Gasteiger partial charge is 0.321 e. The molecule has 2 unspecified atom stereocenters. The fourth-order valence-corrected chi connectivity index (χ4v) is 3.30. The molecule has 1 aromatic carbocycles. The van der Waals surface area contributed by atoms with Gasteiger partial charge >= 0.3 is 5.97 Å². The van der Waals surface area contributed by atoms with Crippen molar-refractivity contribution < 1.29 is 14.8 Å². The number of nitrogens with zero attached hydrogens (tertiary/aromatic N) is 1. The summed E-state index contributed by atoms with van der Waals surface area (Å²) in [6, 6.07) is 4.10. The van der Waals surface area contributed by atoms with Gasteiger partial charge in [-0.3, -0.25) is 20.2 Å². The highest BCUT2D eigenvalue weighted by atomic mass is 79.9. The third kappa shape index (κ3) is 2.65. The second kappa shape index (κ2) is 5.25. The van der Waals surface area contributed by atoms with E-state index < -0.39 is 16.9 Å². The molecule has 6 nitrogen and oxygen atoms in total. The second-order valence-corrected chi connectivity index (χ2v) is 5.78. The standard InChI is InChI=1S/C10H9BrN2O4S/c11-5-1-2-6(8(3-5)13(16)17)9-12-7(4-18-9)10(14)15/h1-3,7,9,12H,4H2,(H,14,15). The number of nitro benzene ring substituents is 1. The minimum absolute atomic E-state index is 0.0135. The van der Waals surface area contributed by atoms with Crippen molar-refractivity contribution in [2.75, 3.05) is 5.75 Å². The fraction of sp³-hybridized carbons (Fsp3) is 0.300. The number of carbonyl (C=O) groups is 1. The molecule has 0 aromatic heterocycles. The average molecular weight is 333 g/mol. The summed E-state index contributed by atoms with van der Waals surface area (Å²) in [6.07, 6.45) is 0. The van der Waals surface area contributed by atoms with Gasteiger partial charge in [-0.05, 0) is 12.1 Å². The van der Waals surface area contributed by atoms with E-state index in [2.05, 4.69) is 21.2 Å². The maximum atomic E-state index is 11.0. The van der Waals surface area contributed by atoms with Gasteiger partial charge in [0.1, 0.15) is 6.04 Å². The Labute approximate surface area is 115 Å². The van der Waals surface area contributed by atoms with Crippen LogP contribution in [0.3, 0.4) is 0 Å². The molecule has 0 aliphatic carbocycles. The van der Waals surface area contributed by atoms with Crippen LogP contribution in [0.4, 0.5) is 5.69 Å². The molecule has 1 aliphatic rings. The summed E-state index contributed by atoms with van der Waals surface area (Å²) >= 11 is 4.54. The first-order valence-electron chi connectivity index (χ1n) is 5.03. The number of aliphatic carboxylic acids is 1. The Morgan fingerprint density at radius 1 is 1.61 bits per heavy atom. The molecule has 1 heterocycles. The summed E-state index contributed by atoms with van der Waals surface area (Å²) < 4.78 is 0.621. The van der Waals surface area contributed by atoms with Gasteiger partial charge in [-0.1, -0.05) is 15.9 Å². The van der Waals surface area contributed by atoms with E-state index in [9.17, 15) is 14.9 Å². The Hall–Kier alpha value is -1.12. The van der Waals surface area contributed by atoms with Crippen LogP contribution in [-0.4, -0.2) is 27.8 Å². The van der Waals surface area contributed by atoms with E-state index in [1.54, 1.807) is 12.1 Å². The number of carboxylic acids is 1. The van der Waals surface area contributed by atoms with Gasteiger partial charge in [-0.15, -0.1) is 11.8 Å². The van der Waals surface area contributed by atoms with E-state index in [4.69, 9.17) is 5.11 Å². The van der Waals surface area contributed by atoms with Crippen LogP contribution < -0.4 is 5.32 Å². The molecule has 1 aliphatic heterocycles. The lowest BCUT2D eigenvalue weighted by molar-refractivity contribution is -0.385. The number of nitrogens with one attached hydrogen (secondary N) is 1. The van der Waals surface area contributed by atoms with Crippen LogP contribution in [0.5, 0.6) is 0 Å². The van der Waals surface area contributed by atoms with E-state index in [1.165, 1.54) is 17.8 Å². The Morgan fingerprint density at radius 2 is 2.33 bits per heavy atom. The first kappa shape index (κ1) is 13.3. The highest BCUT2D eigenvalue weighted by Crippen LogP contribution is 2.38. The molecule has 8 heteroatoms. The van der Waals surface area contributed by atoms with Crippen molar-refractivity contribution in [3.05, 3.63) is 38.3 Å². The van der Waals surface area contributed by atoms with Gasteiger partial charge in [0.25, 0.3) is 5.69 Å². The van der Waals surface area contributed by atoms with Crippen molar-refractivity contribution in [2.45, 2.75) is 11.4 Å². The predicted octanol–water partition coefficient (Wildman–Crippen LogP) is 2.15. The monoisotopic (exact) mass is 332 g/mol. The van der Waals surface area contributed by atoms with Gasteiger partial charge in [0.15, 0.2) is 0 Å². The van der Waals surface area contributed by atoms with Gasteiger partial charge in [0, 0.05) is 16.3 Å². The topological polar surface area (TPSA) is 92.5 Å². The maximum absolute atomic E-state index is 11.0. The second-order valence-electron chi connectivity index (χ2n) is 3.73. The van der Waals surface area contributed by atoms with E-state index >= 15 is 0 Å². The zero-order chi connectivity index (χ0) is 13.3. The molecule has 2 N–H and O–H groups in total. The van der Waals surface area contributed by atoms with E-state index in [0.29, 0.717) is 15.8 Å². The van der Waals surface area contributed by atoms with Crippen molar-refractivity contribution in [1.29, 1.82) is 0 Å². The molecule has 2 rings (SSSR count). The van der Waals surface area contributed by atoms with Crippen LogP contribution in [0.25, 0.3) is 0 Å². The van der Waals surface area contributed by atoms with Gasteiger partial charge in [0.05, 0.1) is 15.9 Å². The van der Waals surface area contributed by atoms with Crippen LogP contribution in [0.15, 0.2) is 22.7 Å². The van der Waals surface area contributed by atoms with Crippen molar-refractivity contribution >= 4 is 39.3 Å². The first-order valence-corrected chi connectivity index (χ1v) is 6.87. The number of hydrogen-bond donors (Lipinski definition) is 2. The first-order chi connectivity index (χ1) is 8.49. The average Bonchev–Trinajstić information content (AvgIpc) is 2.78. The molecule has 1 aromatic rings. The summed E-state index contributed by atoms with van der Waals surface area (Å²) in [6.45, 7) is 0. The predicted molar refractivity (Wildman–Crippen MR) is 70.6 cm³/mol. The number of halogens is 1. The Morgan fingerprint density at radius 3 is 2.89 bits per heavy atom. The molecule has 1 fully saturated rings. The maximum Gasteiger partial charge on any atom is 0.321 e. The highest BCUT2D eigenvalue weighted by molar-refractivity contribution is 9.10. The van der Waals surface area contributed by atoms with Gasteiger partial charge in [-0.2, -0.15) is 0 Å². The molecule has 0 spiro atoms. The largest absolute Gasteiger partial charge is 0.480 e. The van der Waals surface area contributed by atoms with E-state index in [1.807, 2.05) is 0 Å². The van der Waals surface area contributed by atoms with Gasteiger partial charge < -0.3 is 5.11 Å². The number of nitro groups is 1. The molecule has 1 saturated heterocycles. The third-order valence-corrected chi connectivity index (χ3v) is 4.29. The fourth-order valence-electron chi connectivity index (χ4n) is 1.69. The third-order valence-electron chi connectivity index (χ3n) is 2.55. The van der Waals surface area contributed by atoms with E-state index in [-0.39, 0.29) is 11.1 Å². The minimum Gasteiger partial charge on any atom is -0.480 e. The Bertz CT molecular complexity index is 511. The zero-order valence-corrected chi connectivity index (χ0v) is 11.4. The van der Waals surface area contributed by atoms with Crippen LogP contribution in [0.2, 0.25) is 0 Å². The van der Waals surface area contributed by atoms with Gasteiger partial charge in [-0.25, -0.2) is 0 Å². The molecule has 0 amide bonds. The quantitative estimate of drug-likeness (QED) is 0.650. The zero-order valence-electron chi connectivity index (χ0n) is 9.00. The van der Waals surface area contributed by atoms with Crippen LogP contribution in [0, 0.1) is 10.1 Å². The van der Waals surface area contributed by atoms with Crippen LogP contribution >= 0.6 is 27.7 Å². The molecular weight excluding hydrogens is 324 g/mol. The Kier molecular flexibility index (Phi) is 3.88. The molecule has 18 heavy (non-hydrogen) atoms. The van der Waals surface area contributed by atoms with Crippen LogP contribution in [-0.2, 0) is 4.79 Å². The number of benzene rings is 1. The number of thioether (sulfide) groups is 1. The lowest BCUT2D eigenvalue weighted by atomic mass is 10.1. The van der Waals surface area contributed by atoms with Crippen molar-refractivity contribution in [3.8, 4) is 0 Å². The molecule has 0 radical (unpaired) electrons. The highest BCUT2D eigenvalue weighted by Gasteiger charge is 2.33. The molecule has 0 bridgehead atoms. The van der Waals surface area contributed by atoms with Crippen molar-refractivity contribution in [3.63, 3.8) is 0 Å².